The van der Waals surface area contributed by atoms with E-state index in [0.717, 1.165) is 5.56 Å². The molecule has 15 heavy (non-hydrogen) atoms. The second-order valence-electron chi connectivity index (χ2n) is 3.92. The van der Waals surface area contributed by atoms with Gasteiger partial charge in [-0.2, -0.15) is 0 Å². The van der Waals surface area contributed by atoms with E-state index in [-0.39, 0.29) is 0 Å². The number of hydrogen-bond donors (Lipinski definition) is 1. The smallest absolute Gasteiger partial charge is 0.0812 e. The normalized spacial score (nSPS) is 12.8. The maximum absolute atomic E-state index is 9.92. The van der Waals surface area contributed by atoms with Gasteiger partial charge >= 0.3 is 0 Å². The maximum Gasteiger partial charge on any atom is 0.0812 e. The Kier molecular flexibility index (Phi) is 4.79. The lowest BCUT2D eigenvalue weighted by molar-refractivity contribution is 0.0885. The van der Waals surface area contributed by atoms with Gasteiger partial charge in [-0.05, 0) is 26.3 Å². The summed E-state index contributed by atoms with van der Waals surface area (Å²) in [4.78, 5) is 0. The predicted octanol–water partition coefficient (Wildman–Crippen LogP) is 2.76. The highest BCUT2D eigenvalue weighted by Gasteiger charge is 2.07. The molecule has 0 saturated heterocycles. The molecule has 0 bridgehead atoms. The zero-order chi connectivity index (χ0) is 11.3. The van der Waals surface area contributed by atoms with Gasteiger partial charge in [0.25, 0.3) is 0 Å². The first-order chi connectivity index (χ1) is 7.13. The summed E-state index contributed by atoms with van der Waals surface area (Å²) in [5, 5.41) is 9.92. The van der Waals surface area contributed by atoms with Crippen LogP contribution in [0.4, 0.5) is 0 Å². The van der Waals surface area contributed by atoms with E-state index in [1.54, 1.807) is 0 Å². The number of rotatable bonds is 5. The Balaban J connectivity index is 2.60. The van der Waals surface area contributed by atoms with Gasteiger partial charge in [-0.15, -0.1) is 0 Å². The summed E-state index contributed by atoms with van der Waals surface area (Å²) >= 11 is 0. The number of aliphatic hydroxyl groups is 1. The Morgan fingerprint density at radius 3 is 2.33 bits per heavy atom. The average Bonchev–Trinajstić information content (AvgIpc) is 2.16. The fraction of sp³-hybridized carbons (Fsp3) is 0.538. The summed E-state index contributed by atoms with van der Waals surface area (Å²) in [6.07, 6.45) is 0.256. The third-order valence-corrected chi connectivity index (χ3v) is 2.37. The van der Waals surface area contributed by atoms with E-state index in [1.807, 2.05) is 32.9 Å². The van der Waals surface area contributed by atoms with Crippen LogP contribution in [0.1, 0.15) is 36.1 Å². The highest BCUT2D eigenvalue weighted by atomic mass is 16.5. The highest BCUT2D eigenvalue weighted by Crippen LogP contribution is 2.19. The number of benzene rings is 1. The third-order valence-electron chi connectivity index (χ3n) is 2.37. The number of aliphatic hydroxyl groups excluding tert-OH is 1. The molecule has 2 heteroatoms. The molecule has 0 saturated carbocycles. The van der Waals surface area contributed by atoms with E-state index in [9.17, 15) is 5.11 Å². The number of hydrogen-bond acceptors (Lipinski definition) is 2. The summed E-state index contributed by atoms with van der Waals surface area (Å²) in [5.74, 6) is 0. The van der Waals surface area contributed by atoms with Gasteiger partial charge in [0.2, 0.25) is 0 Å². The quantitative estimate of drug-likeness (QED) is 0.754. The monoisotopic (exact) mass is 208 g/mol. The van der Waals surface area contributed by atoms with Gasteiger partial charge in [0.05, 0.1) is 6.10 Å². The zero-order valence-electron chi connectivity index (χ0n) is 9.79. The van der Waals surface area contributed by atoms with E-state index < -0.39 is 6.10 Å². The molecule has 0 aliphatic heterocycles. The number of ether oxygens (including phenoxy) is 1. The van der Waals surface area contributed by atoms with Crippen LogP contribution in [-0.2, 0) is 4.74 Å². The molecule has 84 valence electrons. The van der Waals surface area contributed by atoms with Crippen molar-refractivity contribution in [3.05, 3.63) is 34.9 Å². The second-order valence-corrected chi connectivity index (χ2v) is 3.92. The molecule has 1 unspecified atom stereocenters. The Morgan fingerprint density at radius 1 is 1.20 bits per heavy atom. The van der Waals surface area contributed by atoms with Gasteiger partial charge in [0.15, 0.2) is 0 Å². The molecule has 1 N–H and O–H groups in total. The Morgan fingerprint density at radius 2 is 1.80 bits per heavy atom. The molecule has 0 spiro atoms. The van der Waals surface area contributed by atoms with Crippen molar-refractivity contribution in [3.8, 4) is 0 Å². The van der Waals surface area contributed by atoms with Crippen LogP contribution in [0.25, 0.3) is 0 Å². The van der Waals surface area contributed by atoms with E-state index in [4.69, 9.17) is 4.74 Å². The molecule has 0 fully saturated rings. The van der Waals surface area contributed by atoms with Crippen LogP contribution >= 0.6 is 0 Å². The molecule has 1 aromatic carbocycles. The first-order valence-corrected chi connectivity index (χ1v) is 5.47. The molecule has 0 heterocycles. The van der Waals surface area contributed by atoms with Crippen molar-refractivity contribution in [2.45, 2.75) is 33.3 Å². The summed E-state index contributed by atoms with van der Waals surface area (Å²) in [6, 6.07) is 6.17. The average molecular weight is 208 g/mol. The summed E-state index contributed by atoms with van der Waals surface area (Å²) in [6.45, 7) is 7.38. The van der Waals surface area contributed by atoms with Crippen LogP contribution in [0.2, 0.25) is 0 Å². The lowest BCUT2D eigenvalue weighted by atomic mass is 10.0. The van der Waals surface area contributed by atoms with E-state index in [2.05, 4.69) is 6.07 Å². The molecule has 0 radical (unpaired) electrons. The fourth-order valence-corrected chi connectivity index (χ4v) is 1.71. The molecular formula is C13H20O2. The molecule has 0 aromatic heterocycles. The molecule has 2 nitrogen and oxygen atoms in total. The van der Waals surface area contributed by atoms with Crippen LogP contribution in [0.15, 0.2) is 18.2 Å². The molecule has 0 aliphatic carbocycles. The van der Waals surface area contributed by atoms with Crippen LogP contribution in [0.5, 0.6) is 0 Å². The van der Waals surface area contributed by atoms with Crippen molar-refractivity contribution in [1.82, 2.24) is 0 Å². The minimum Gasteiger partial charge on any atom is -0.388 e. The standard InChI is InChI=1S/C13H20O2/c1-4-15-6-5-13(14)12-8-10(2)7-11(3)9-12/h7-9,13-14H,4-6H2,1-3H3. The van der Waals surface area contributed by atoms with Gasteiger partial charge < -0.3 is 9.84 Å². The third kappa shape index (κ3) is 4.02. The number of aryl methyl sites for hydroxylation is 2. The first kappa shape index (κ1) is 12.2. The second kappa shape index (κ2) is 5.89. The first-order valence-electron chi connectivity index (χ1n) is 5.47. The van der Waals surface area contributed by atoms with Crippen molar-refractivity contribution >= 4 is 0 Å². The summed E-state index contributed by atoms with van der Waals surface area (Å²) in [7, 11) is 0. The molecule has 1 aromatic rings. The topological polar surface area (TPSA) is 29.5 Å². The zero-order valence-corrected chi connectivity index (χ0v) is 9.79. The predicted molar refractivity (Wildman–Crippen MR) is 62.0 cm³/mol. The summed E-state index contributed by atoms with van der Waals surface area (Å²) in [5.41, 5.74) is 3.38. The van der Waals surface area contributed by atoms with E-state index in [0.29, 0.717) is 19.6 Å². The van der Waals surface area contributed by atoms with Crippen LogP contribution in [0.3, 0.4) is 0 Å². The maximum atomic E-state index is 9.92. The van der Waals surface area contributed by atoms with Gasteiger partial charge in [-0.3, -0.25) is 0 Å². The van der Waals surface area contributed by atoms with Crippen LogP contribution < -0.4 is 0 Å². The minimum atomic E-state index is -0.407. The van der Waals surface area contributed by atoms with Crippen LogP contribution in [-0.4, -0.2) is 18.3 Å². The SMILES string of the molecule is CCOCCC(O)c1cc(C)cc(C)c1. The van der Waals surface area contributed by atoms with Crippen molar-refractivity contribution in [2.24, 2.45) is 0 Å². The highest BCUT2D eigenvalue weighted by molar-refractivity contribution is 5.29. The van der Waals surface area contributed by atoms with Gasteiger partial charge in [-0.25, -0.2) is 0 Å². The lowest BCUT2D eigenvalue weighted by Crippen LogP contribution is -2.03. The molecule has 0 amide bonds. The van der Waals surface area contributed by atoms with Crippen molar-refractivity contribution in [2.75, 3.05) is 13.2 Å². The van der Waals surface area contributed by atoms with Crippen molar-refractivity contribution in [3.63, 3.8) is 0 Å². The Bertz CT molecular complexity index is 287. The minimum absolute atomic E-state index is 0.407. The molecule has 0 aliphatic rings. The van der Waals surface area contributed by atoms with Gasteiger partial charge in [0.1, 0.15) is 0 Å². The van der Waals surface area contributed by atoms with Crippen molar-refractivity contribution in [1.29, 1.82) is 0 Å². The molecule has 1 rings (SSSR count). The summed E-state index contributed by atoms with van der Waals surface area (Å²) < 4.78 is 5.23. The fourth-order valence-electron chi connectivity index (χ4n) is 1.71. The Hall–Kier alpha value is -0.860. The van der Waals surface area contributed by atoms with Crippen LogP contribution in [0, 0.1) is 13.8 Å². The Labute approximate surface area is 91.9 Å². The molecule has 1 atom stereocenters. The van der Waals surface area contributed by atoms with E-state index in [1.165, 1.54) is 11.1 Å². The van der Waals surface area contributed by atoms with Crippen molar-refractivity contribution < 1.29 is 9.84 Å². The van der Waals surface area contributed by atoms with Gasteiger partial charge in [0, 0.05) is 19.6 Å². The lowest BCUT2D eigenvalue weighted by Gasteiger charge is -2.12. The molecular weight excluding hydrogens is 188 g/mol. The van der Waals surface area contributed by atoms with E-state index >= 15 is 0 Å². The largest absolute Gasteiger partial charge is 0.388 e. The van der Waals surface area contributed by atoms with Gasteiger partial charge in [-0.1, -0.05) is 29.3 Å².